The molecule has 1 aliphatic heterocycles. The number of hydrogen-bond donors (Lipinski definition) is 1. The van der Waals surface area contributed by atoms with Crippen molar-refractivity contribution in [1.29, 1.82) is 0 Å². The Morgan fingerprint density at radius 1 is 1.31 bits per heavy atom. The van der Waals surface area contributed by atoms with Gasteiger partial charge in [-0.15, -0.1) is 0 Å². The fourth-order valence-electron chi connectivity index (χ4n) is 4.98. The SMILES string of the molecule is COc1ccc2c3c1O[C@@H]1C(OC(C)=O)=CC[C@H]([C@@H](NC(C)=O)C2)[C@]31C. The van der Waals surface area contributed by atoms with Crippen LogP contribution in [-0.2, 0) is 26.2 Å². The molecule has 1 heterocycles. The summed E-state index contributed by atoms with van der Waals surface area (Å²) in [4.78, 5) is 23.3. The smallest absolute Gasteiger partial charge is 0.307 e. The number of carbonyl (C=O) groups is 2. The summed E-state index contributed by atoms with van der Waals surface area (Å²) in [6.07, 6.45) is 2.97. The van der Waals surface area contributed by atoms with E-state index in [9.17, 15) is 9.59 Å². The number of esters is 1. The van der Waals surface area contributed by atoms with Gasteiger partial charge in [-0.05, 0) is 36.5 Å². The molecule has 4 rings (SSSR count). The molecule has 1 amide bonds. The lowest BCUT2D eigenvalue weighted by atomic mass is 9.57. The zero-order chi connectivity index (χ0) is 18.6. The minimum absolute atomic E-state index is 0.00516. The van der Waals surface area contributed by atoms with Crippen molar-refractivity contribution in [3.05, 3.63) is 35.1 Å². The van der Waals surface area contributed by atoms with Crippen LogP contribution in [0.25, 0.3) is 0 Å². The largest absolute Gasteiger partial charge is 0.493 e. The van der Waals surface area contributed by atoms with Gasteiger partial charge in [-0.1, -0.05) is 13.0 Å². The molecule has 26 heavy (non-hydrogen) atoms. The lowest BCUT2D eigenvalue weighted by molar-refractivity contribution is -0.139. The summed E-state index contributed by atoms with van der Waals surface area (Å²) >= 11 is 0. The van der Waals surface area contributed by atoms with Crippen molar-refractivity contribution in [1.82, 2.24) is 5.32 Å². The van der Waals surface area contributed by atoms with E-state index in [2.05, 4.69) is 12.2 Å². The molecule has 6 nitrogen and oxygen atoms in total. The summed E-state index contributed by atoms with van der Waals surface area (Å²) in [5.41, 5.74) is 1.86. The minimum Gasteiger partial charge on any atom is -0.493 e. The Morgan fingerprint density at radius 2 is 2.08 bits per heavy atom. The first-order chi connectivity index (χ1) is 12.4. The number of benzene rings is 1. The van der Waals surface area contributed by atoms with Crippen molar-refractivity contribution in [2.24, 2.45) is 5.92 Å². The van der Waals surface area contributed by atoms with E-state index in [1.807, 2.05) is 18.2 Å². The van der Waals surface area contributed by atoms with Crippen molar-refractivity contribution in [3.63, 3.8) is 0 Å². The Morgan fingerprint density at radius 3 is 2.73 bits per heavy atom. The second-order valence-electron chi connectivity index (χ2n) is 7.47. The molecule has 0 unspecified atom stereocenters. The van der Waals surface area contributed by atoms with E-state index < -0.39 is 11.5 Å². The first-order valence-corrected chi connectivity index (χ1v) is 8.88. The van der Waals surface area contributed by atoms with Crippen molar-refractivity contribution in [2.45, 2.75) is 51.2 Å². The zero-order valence-corrected chi connectivity index (χ0v) is 15.4. The molecule has 3 aliphatic rings. The maximum absolute atomic E-state index is 11.8. The molecule has 4 atom stereocenters. The van der Waals surface area contributed by atoms with Crippen molar-refractivity contribution in [3.8, 4) is 11.5 Å². The summed E-state index contributed by atoms with van der Waals surface area (Å²) in [5, 5.41) is 3.11. The van der Waals surface area contributed by atoms with Gasteiger partial charge in [0, 0.05) is 30.9 Å². The van der Waals surface area contributed by atoms with Gasteiger partial charge in [0.05, 0.1) is 7.11 Å². The number of carbonyl (C=O) groups excluding carboxylic acids is 2. The van der Waals surface area contributed by atoms with Crippen molar-refractivity contribution in [2.75, 3.05) is 7.11 Å². The third-order valence-corrected chi connectivity index (χ3v) is 5.92. The van der Waals surface area contributed by atoms with Crippen molar-refractivity contribution < 1.29 is 23.8 Å². The second kappa shape index (κ2) is 5.76. The monoisotopic (exact) mass is 357 g/mol. The molecule has 6 heteroatoms. The molecule has 0 radical (unpaired) electrons. The lowest BCUT2D eigenvalue weighted by Crippen LogP contribution is -2.57. The van der Waals surface area contributed by atoms with E-state index in [1.165, 1.54) is 6.92 Å². The average Bonchev–Trinajstić information content (AvgIpc) is 2.88. The molecule has 1 aromatic carbocycles. The molecule has 2 aliphatic carbocycles. The van der Waals surface area contributed by atoms with Crippen LogP contribution in [0.4, 0.5) is 0 Å². The predicted octanol–water partition coefficient (Wildman–Crippen LogP) is 2.24. The molecule has 0 spiro atoms. The molecule has 0 saturated heterocycles. The normalized spacial score (nSPS) is 30.6. The molecule has 0 bridgehead atoms. The number of nitrogens with one attached hydrogen (secondary N) is 1. The standard InChI is InChI=1S/C20H23NO5/c1-10(22)21-14-9-12-5-7-15(24-4)18-17(12)20(3)13(14)6-8-16(19(20)26-18)25-11(2)23/h5,7-8,13-14,19H,6,9H2,1-4H3,(H,21,22)/t13-,14+,19-,20-/m1/s1. The second-order valence-corrected chi connectivity index (χ2v) is 7.47. The number of ether oxygens (including phenoxy) is 3. The van der Waals surface area contributed by atoms with Crippen LogP contribution in [0.15, 0.2) is 24.0 Å². The maximum Gasteiger partial charge on any atom is 0.307 e. The number of hydrogen-bond acceptors (Lipinski definition) is 5. The van der Waals surface area contributed by atoms with Gasteiger partial charge in [0.2, 0.25) is 5.91 Å². The zero-order valence-electron chi connectivity index (χ0n) is 15.4. The van der Waals surface area contributed by atoms with Crippen LogP contribution in [-0.4, -0.2) is 31.1 Å². The summed E-state index contributed by atoms with van der Waals surface area (Å²) < 4.78 is 17.3. The van der Waals surface area contributed by atoms with Gasteiger partial charge in [0.25, 0.3) is 0 Å². The highest BCUT2D eigenvalue weighted by molar-refractivity contribution is 5.74. The number of rotatable bonds is 3. The first-order valence-electron chi connectivity index (χ1n) is 8.88. The van der Waals surface area contributed by atoms with Gasteiger partial charge in [-0.2, -0.15) is 0 Å². The fourth-order valence-corrected chi connectivity index (χ4v) is 4.98. The highest BCUT2D eigenvalue weighted by Gasteiger charge is 2.60. The Bertz CT molecular complexity index is 830. The summed E-state index contributed by atoms with van der Waals surface area (Å²) in [6, 6.07) is 3.95. The summed E-state index contributed by atoms with van der Waals surface area (Å²) in [6.45, 7) is 5.08. The lowest BCUT2D eigenvalue weighted by Gasteiger charge is -2.48. The molecular weight excluding hydrogens is 334 g/mol. The molecule has 1 aromatic rings. The first kappa shape index (κ1) is 16.9. The van der Waals surface area contributed by atoms with Crippen LogP contribution in [0, 0.1) is 5.92 Å². The van der Waals surface area contributed by atoms with Gasteiger partial charge in [0.15, 0.2) is 17.6 Å². The van der Waals surface area contributed by atoms with Gasteiger partial charge in [-0.25, -0.2) is 0 Å². The number of amides is 1. The molecule has 0 fully saturated rings. The number of methoxy groups -OCH3 is 1. The van der Waals surface area contributed by atoms with Crippen LogP contribution in [0.2, 0.25) is 0 Å². The Hall–Kier alpha value is -2.50. The number of allylic oxidation sites excluding steroid dienone is 1. The Kier molecular flexibility index (Phi) is 3.75. The fraction of sp³-hybridized carbons (Fsp3) is 0.500. The van der Waals surface area contributed by atoms with Gasteiger partial charge >= 0.3 is 5.97 Å². The van der Waals surface area contributed by atoms with Crippen LogP contribution < -0.4 is 14.8 Å². The summed E-state index contributed by atoms with van der Waals surface area (Å²) in [5.74, 6) is 1.70. The Labute approximate surface area is 152 Å². The molecule has 1 N–H and O–H groups in total. The van der Waals surface area contributed by atoms with Crippen LogP contribution in [0.5, 0.6) is 11.5 Å². The van der Waals surface area contributed by atoms with Gasteiger partial charge < -0.3 is 19.5 Å². The van der Waals surface area contributed by atoms with Gasteiger partial charge in [0.1, 0.15) is 5.76 Å². The van der Waals surface area contributed by atoms with Crippen LogP contribution in [0.3, 0.4) is 0 Å². The molecule has 0 aromatic heterocycles. The average molecular weight is 357 g/mol. The van der Waals surface area contributed by atoms with E-state index in [0.717, 1.165) is 23.3 Å². The molecular formula is C20H23NO5. The minimum atomic E-state index is -0.410. The maximum atomic E-state index is 11.8. The molecule has 0 saturated carbocycles. The highest BCUT2D eigenvalue weighted by atomic mass is 16.6. The summed E-state index contributed by atoms with van der Waals surface area (Å²) in [7, 11) is 1.62. The van der Waals surface area contributed by atoms with E-state index in [-0.39, 0.29) is 23.8 Å². The third-order valence-electron chi connectivity index (χ3n) is 5.92. The topological polar surface area (TPSA) is 73.9 Å². The van der Waals surface area contributed by atoms with E-state index in [0.29, 0.717) is 17.9 Å². The van der Waals surface area contributed by atoms with Crippen LogP contribution in [0.1, 0.15) is 38.3 Å². The van der Waals surface area contributed by atoms with Crippen LogP contribution >= 0.6 is 0 Å². The quantitative estimate of drug-likeness (QED) is 0.840. The third kappa shape index (κ3) is 2.24. The van der Waals surface area contributed by atoms with E-state index in [4.69, 9.17) is 14.2 Å². The molecule has 138 valence electrons. The predicted molar refractivity (Wildman–Crippen MR) is 94.0 cm³/mol. The Balaban J connectivity index is 1.88. The van der Waals surface area contributed by atoms with E-state index in [1.54, 1.807) is 14.0 Å². The van der Waals surface area contributed by atoms with Gasteiger partial charge in [-0.3, -0.25) is 9.59 Å². The van der Waals surface area contributed by atoms with Crippen molar-refractivity contribution >= 4 is 11.9 Å². The highest BCUT2D eigenvalue weighted by Crippen LogP contribution is 2.60. The van der Waals surface area contributed by atoms with E-state index >= 15 is 0 Å².